The van der Waals surface area contributed by atoms with Gasteiger partial charge in [-0.2, -0.15) is 0 Å². The van der Waals surface area contributed by atoms with Crippen LogP contribution in [0.2, 0.25) is 0 Å². The fourth-order valence-electron chi connectivity index (χ4n) is 2.30. The number of aromatic carboxylic acids is 1. The van der Waals surface area contributed by atoms with E-state index in [1.807, 2.05) is 0 Å². The molecule has 0 radical (unpaired) electrons. The molecule has 1 aromatic rings. The van der Waals surface area contributed by atoms with Crippen molar-refractivity contribution in [2.24, 2.45) is 5.92 Å². The number of carbonyl (C=O) groups is 1. The number of rotatable bonds is 4. The highest BCUT2D eigenvalue weighted by Crippen LogP contribution is 2.25. The second-order valence-corrected chi connectivity index (χ2v) is 4.56. The van der Waals surface area contributed by atoms with Crippen molar-refractivity contribution in [3.05, 3.63) is 23.7 Å². The molecule has 0 spiro atoms. The Kier molecular flexibility index (Phi) is 3.29. The summed E-state index contributed by atoms with van der Waals surface area (Å²) in [6.45, 7) is 2.75. The quantitative estimate of drug-likeness (QED) is 0.821. The molecule has 0 bridgehead atoms. The molecule has 2 atom stereocenters. The highest BCUT2D eigenvalue weighted by atomic mass is 16.4. The molecule has 1 heterocycles. The summed E-state index contributed by atoms with van der Waals surface area (Å²) in [5.41, 5.74) is 0.263. The smallest absolute Gasteiger partial charge is 0.339 e. The van der Waals surface area contributed by atoms with Crippen LogP contribution in [0, 0.1) is 5.92 Å². The normalized spacial score (nSPS) is 24.8. The van der Waals surface area contributed by atoms with Crippen molar-refractivity contribution in [1.29, 1.82) is 0 Å². The summed E-state index contributed by atoms with van der Waals surface area (Å²) in [7, 11) is 0. The molecule has 1 aliphatic rings. The largest absolute Gasteiger partial charge is 0.478 e. The highest BCUT2D eigenvalue weighted by molar-refractivity contribution is 5.88. The van der Waals surface area contributed by atoms with Crippen molar-refractivity contribution >= 4 is 5.97 Å². The van der Waals surface area contributed by atoms with E-state index in [-0.39, 0.29) is 5.56 Å². The molecule has 0 aromatic carbocycles. The Morgan fingerprint density at radius 3 is 3.06 bits per heavy atom. The predicted molar refractivity (Wildman–Crippen MR) is 59.3 cm³/mol. The van der Waals surface area contributed by atoms with Gasteiger partial charge in [-0.05, 0) is 31.2 Å². The van der Waals surface area contributed by atoms with E-state index in [1.165, 1.54) is 31.6 Å². The van der Waals surface area contributed by atoms with Crippen molar-refractivity contribution in [2.45, 2.75) is 38.8 Å². The van der Waals surface area contributed by atoms with Gasteiger partial charge in [-0.3, -0.25) is 0 Å². The lowest BCUT2D eigenvalue weighted by Gasteiger charge is -2.11. The maximum atomic E-state index is 10.8. The van der Waals surface area contributed by atoms with Gasteiger partial charge in [0.1, 0.15) is 11.3 Å². The molecule has 88 valence electrons. The number of nitrogens with one attached hydrogen (secondary N) is 1. The zero-order chi connectivity index (χ0) is 11.5. The van der Waals surface area contributed by atoms with Crippen LogP contribution < -0.4 is 5.32 Å². The van der Waals surface area contributed by atoms with Crippen LogP contribution in [-0.2, 0) is 6.54 Å². The van der Waals surface area contributed by atoms with Gasteiger partial charge in [0, 0.05) is 6.04 Å². The summed E-state index contributed by atoms with van der Waals surface area (Å²) in [6.07, 6.45) is 5.02. The van der Waals surface area contributed by atoms with Crippen LogP contribution in [0.4, 0.5) is 0 Å². The molecule has 16 heavy (non-hydrogen) atoms. The monoisotopic (exact) mass is 223 g/mol. The standard InChI is InChI=1S/C12H17NO3/c1-8-2-3-9(6-8)13-7-11-10(12(14)15)4-5-16-11/h4-5,8-9,13H,2-3,6-7H2,1H3,(H,14,15). The molecule has 0 saturated heterocycles. The highest BCUT2D eigenvalue weighted by Gasteiger charge is 2.22. The molecule has 1 aromatic heterocycles. The van der Waals surface area contributed by atoms with Gasteiger partial charge in [0.05, 0.1) is 12.8 Å². The zero-order valence-electron chi connectivity index (χ0n) is 9.40. The Bertz CT molecular complexity index is 372. The van der Waals surface area contributed by atoms with E-state index in [1.54, 1.807) is 0 Å². The summed E-state index contributed by atoms with van der Waals surface area (Å²) in [6, 6.07) is 2.00. The predicted octanol–water partition coefficient (Wildman–Crippen LogP) is 2.26. The number of carboxylic acid groups (broad SMARTS) is 1. The van der Waals surface area contributed by atoms with Gasteiger partial charge in [-0.25, -0.2) is 4.79 Å². The lowest BCUT2D eigenvalue weighted by atomic mass is 10.1. The Balaban J connectivity index is 1.89. The second kappa shape index (κ2) is 4.70. The molecule has 4 nitrogen and oxygen atoms in total. The maximum absolute atomic E-state index is 10.8. The van der Waals surface area contributed by atoms with E-state index in [4.69, 9.17) is 9.52 Å². The molecule has 0 amide bonds. The Morgan fingerprint density at radius 2 is 2.44 bits per heavy atom. The Hall–Kier alpha value is -1.29. The van der Waals surface area contributed by atoms with Crippen molar-refractivity contribution in [2.75, 3.05) is 0 Å². The second-order valence-electron chi connectivity index (χ2n) is 4.56. The van der Waals surface area contributed by atoms with Crippen LogP contribution in [0.3, 0.4) is 0 Å². The first-order valence-corrected chi connectivity index (χ1v) is 5.70. The van der Waals surface area contributed by atoms with Crippen LogP contribution in [0.15, 0.2) is 16.7 Å². The topological polar surface area (TPSA) is 62.5 Å². The minimum absolute atomic E-state index is 0.263. The average Bonchev–Trinajstić information content (AvgIpc) is 2.83. The lowest BCUT2D eigenvalue weighted by molar-refractivity contribution is 0.0694. The summed E-state index contributed by atoms with van der Waals surface area (Å²) < 4.78 is 5.17. The van der Waals surface area contributed by atoms with E-state index in [2.05, 4.69) is 12.2 Å². The van der Waals surface area contributed by atoms with Crippen LogP contribution in [-0.4, -0.2) is 17.1 Å². The minimum Gasteiger partial charge on any atom is -0.478 e. The van der Waals surface area contributed by atoms with E-state index < -0.39 is 5.97 Å². The first kappa shape index (κ1) is 11.2. The molecule has 1 saturated carbocycles. The molecule has 0 aliphatic heterocycles. The molecule has 1 fully saturated rings. The number of hydrogen-bond donors (Lipinski definition) is 2. The summed E-state index contributed by atoms with van der Waals surface area (Å²) in [5, 5.41) is 12.3. The Labute approximate surface area is 94.6 Å². The van der Waals surface area contributed by atoms with Gasteiger partial charge in [-0.15, -0.1) is 0 Å². The Morgan fingerprint density at radius 1 is 1.62 bits per heavy atom. The van der Waals surface area contributed by atoms with Crippen LogP contribution in [0.1, 0.15) is 42.3 Å². The van der Waals surface area contributed by atoms with E-state index in [9.17, 15) is 4.79 Å². The van der Waals surface area contributed by atoms with Crippen molar-refractivity contribution in [1.82, 2.24) is 5.32 Å². The molecule has 4 heteroatoms. The maximum Gasteiger partial charge on any atom is 0.339 e. The van der Waals surface area contributed by atoms with E-state index in [0.717, 1.165) is 5.92 Å². The van der Waals surface area contributed by atoms with Crippen LogP contribution in [0.5, 0.6) is 0 Å². The van der Waals surface area contributed by atoms with E-state index in [0.29, 0.717) is 18.3 Å². The molecule has 2 rings (SSSR count). The summed E-state index contributed by atoms with van der Waals surface area (Å²) in [5.74, 6) is 0.366. The first-order valence-electron chi connectivity index (χ1n) is 5.70. The van der Waals surface area contributed by atoms with E-state index >= 15 is 0 Å². The minimum atomic E-state index is -0.926. The van der Waals surface area contributed by atoms with Crippen molar-refractivity contribution < 1.29 is 14.3 Å². The van der Waals surface area contributed by atoms with Crippen LogP contribution >= 0.6 is 0 Å². The molecule has 2 N–H and O–H groups in total. The zero-order valence-corrected chi connectivity index (χ0v) is 9.40. The van der Waals surface area contributed by atoms with Gasteiger partial charge in [0.15, 0.2) is 0 Å². The van der Waals surface area contributed by atoms with Crippen molar-refractivity contribution in [3.8, 4) is 0 Å². The van der Waals surface area contributed by atoms with Gasteiger partial charge in [0.2, 0.25) is 0 Å². The number of furan rings is 1. The molecular formula is C12H17NO3. The molecular weight excluding hydrogens is 206 g/mol. The summed E-state index contributed by atoms with van der Waals surface area (Å²) in [4.78, 5) is 10.8. The van der Waals surface area contributed by atoms with Gasteiger partial charge < -0.3 is 14.8 Å². The lowest BCUT2D eigenvalue weighted by Crippen LogP contribution is -2.26. The number of carboxylic acids is 1. The third-order valence-electron chi connectivity index (χ3n) is 3.22. The van der Waals surface area contributed by atoms with Gasteiger partial charge >= 0.3 is 5.97 Å². The average molecular weight is 223 g/mol. The third kappa shape index (κ3) is 2.44. The fraction of sp³-hybridized carbons (Fsp3) is 0.583. The number of hydrogen-bond acceptors (Lipinski definition) is 3. The fourth-order valence-corrected chi connectivity index (χ4v) is 2.30. The van der Waals surface area contributed by atoms with Crippen LogP contribution in [0.25, 0.3) is 0 Å². The third-order valence-corrected chi connectivity index (χ3v) is 3.22. The van der Waals surface area contributed by atoms with Crippen molar-refractivity contribution in [3.63, 3.8) is 0 Å². The van der Waals surface area contributed by atoms with Gasteiger partial charge in [0.25, 0.3) is 0 Å². The summed E-state index contributed by atoms with van der Waals surface area (Å²) >= 11 is 0. The SMILES string of the molecule is CC1CCC(NCc2occc2C(=O)O)C1. The van der Waals surface area contributed by atoms with Gasteiger partial charge in [-0.1, -0.05) is 6.92 Å². The first-order chi connectivity index (χ1) is 7.66. The molecule has 1 aliphatic carbocycles. The molecule has 2 unspecified atom stereocenters.